The highest BCUT2D eigenvalue weighted by atomic mass is 35.5. The molecule has 2 fully saturated rings. The van der Waals surface area contributed by atoms with Gasteiger partial charge in [0.25, 0.3) is 0 Å². The first-order valence-electron chi connectivity index (χ1n) is 14.2. The SMILES string of the molecule is O=C(O)c1ccc2nc(CN3CCC(Oc4ccnc(COc5ccc(Cl)cc5CO)c4)CC3)n(CC3CCO3)c2c1. The van der Waals surface area contributed by atoms with Crippen LogP contribution in [0.3, 0.4) is 0 Å². The molecule has 10 nitrogen and oxygen atoms in total. The summed E-state index contributed by atoms with van der Waals surface area (Å²) in [5.41, 5.74) is 3.24. The Bertz CT molecular complexity index is 1560. The standard InChI is InChI=1S/C31H33ClN4O6/c32-22-2-4-29(21(13-22)18-37)41-19-23-15-25(5-9-33-23)42-24-6-10-35(11-7-24)17-30-34-27-3-1-20(31(38)39)14-28(27)36(30)16-26-8-12-40-26/h1-5,9,13-15,24,26,37H,6-8,10-12,16-19H2,(H,38,39). The summed E-state index contributed by atoms with van der Waals surface area (Å²) < 4.78 is 20.0. The van der Waals surface area contributed by atoms with E-state index in [0.717, 1.165) is 67.3 Å². The maximum atomic E-state index is 11.6. The van der Waals surface area contributed by atoms with Crippen LogP contribution < -0.4 is 9.47 Å². The van der Waals surface area contributed by atoms with Gasteiger partial charge in [0.05, 0.1) is 48.1 Å². The van der Waals surface area contributed by atoms with Crippen molar-refractivity contribution in [3.05, 3.63) is 82.4 Å². The second-order valence-corrected chi connectivity index (χ2v) is 11.1. The lowest BCUT2D eigenvalue weighted by molar-refractivity contribution is -0.0592. The number of rotatable bonds is 11. The van der Waals surface area contributed by atoms with Gasteiger partial charge in [0, 0.05) is 42.5 Å². The molecule has 6 rings (SSSR count). The Hall–Kier alpha value is -3.70. The van der Waals surface area contributed by atoms with Gasteiger partial charge in [-0.1, -0.05) is 11.6 Å². The largest absolute Gasteiger partial charge is 0.490 e. The molecular weight excluding hydrogens is 560 g/mol. The summed E-state index contributed by atoms with van der Waals surface area (Å²) in [5, 5.41) is 19.6. The van der Waals surface area contributed by atoms with E-state index < -0.39 is 5.97 Å². The zero-order chi connectivity index (χ0) is 29.1. The number of hydrogen-bond acceptors (Lipinski definition) is 8. The molecule has 1 unspecified atom stereocenters. The fourth-order valence-corrected chi connectivity index (χ4v) is 5.61. The lowest BCUT2D eigenvalue weighted by atomic mass is 10.1. The van der Waals surface area contributed by atoms with Crippen molar-refractivity contribution < 1.29 is 29.2 Å². The predicted octanol–water partition coefficient (Wildman–Crippen LogP) is 4.69. The summed E-state index contributed by atoms with van der Waals surface area (Å²) in [5.74, 6) is 1.29. The van der Waals surface area contributed by atoms with Crippen LogP contribution in [0.1, 0.15) is 46.7 Å². The minimum absolute atomic E-state index is 0.0787. The Morgan fingerprint density at radius 2 is 1.93 bits per heavy atom. The van der Waals surface area contributed by atoms with E-state index in [-0.39, 0.29) is 31.0 Å². The van der Waals surface area contributed by atoms with E-state index in [1.54, 1.807) is 42.6 Å². The zero-order valence-corrected chi connectivity index (χ0v) is 23.9. The van der Waals surface area contributed by atoms with Gasteiger partial charge in [-0.15, -0.1) is 0 Å². The van der Waals surface area contributed by atoms with Crippen molar-refractivity contribution in [2.45, 2.75) is 57.8 Å². The highest BCUT2D eigenvalue weighted by Gasteiger charge is 2.26. The third kappa shape index (κ3) is 6.52. The van der Waals surface area contributed by atoms with E-state index in [0.29, 0.717) is 29.4 Å². The molecule has 0 amide bonds. The number of benzene rings is 2. The maximum Gasteiger partial charge on any atom is 0.335 e. The summed E-state index contributed by atoms with van der Waals surface area (Å²) in [6.07, 6.45) is 4.65. The smallest absolute Gasteiger partial charge is 0.335 e. The van der Waals surface area contributed by atoms with E-state index >= 15 is 0 Å². The Morgan fingerprint density at radius 1 is 1.10 bits per heavy atom. The lowest BCUT2D eigenvalue weighted by Crippen LogP contribution is -2.39. The van der Waals surface area contributed by atoms with Crippen molar-refractivity contribution in [1.82, 2.24) is 19.4 Å². The number of piperidine rings is 1. The van der Waals surface area contributed by atoms with Gasteiger partial charge in [0.2, 0.25) is 0 Å². The third-order valence-corrected chi connectivity index (χ3v) is 8.05. The fourth-order valence-electron chi connectivity index (χ4n) is 5.41. The second-order valence-electron chi connectivity index (χ2n) is 10.7. The second kappa shape index (κ2) is 12.7. The molecule has 2 saturated heterocycles. The van der Waals surface area contributed by atoms with Crippen LogP contribution in [0.15, 0.2) is 54.7 Å². The van der Waals surface area contributed by atoms with E-state index in [1.807, 2.05) is 12.1 Å². The topological polar surface area (TPSA) is 119 Å². The molecule has 2 N–H and O–H groups in total. The summed E-state index contributed by atoms with van der Waals surface area (Å²) in [7, 11) is 0. The molecular formula is C31H33ClN4O6. The van der Waals surface area contributed by atoms with E-state index in [4.69, 9.17) is 30.8 Å². The van der Waals surface area contributed by atoms with Crippen LogP contribution in [-0.4, -0.2) is 67.5 Å². The number of carboxylic acids is 1. The van der Waals surface area contributed by atoms with Crippen molar-refractivity contribution in [2.24, 2.45) is 0 Å². The number of hydrogen-bond donors (Lipinski definition) is 2. The number of pyridine rings is 1. The van der Waals surface area contributed by atoms with Gasteiger partial charge in [0.1, 0.15) is 30.0 Å². The van der Waals surface area contributed by atoms with Gasteiger partial charge >= 0.3 is 5.97 Å². The van der Waals surface area contributed by atoms with Crippen molar-refractivity contribution in [3.8, 4) is 11.5 Å². The number of nitrogens with zero attached hydrogens (tertiary/aromatic N) is 4. The van der Waals surface area contributed by atoms with Crippen LogP contribution in [0.25, 0.3) is 11.0 Å². The molecule has 0 saturated carbocycles. The van der Waals surface area contributed by atoms with E-state index in [9.17, 15) is 15.0 Å². The molecule has 11 heteroatoms. The molecule has 0 aliphatic carbocycles. The van der Waals surface area contributed by atoms with Crippen LogP contribution in [0.2, 0.25) is 5.02 Å². The van der Waals surface area contributed by atoms with Crippen LogP contribution in [0, 0.1) is 0 Å². The Balaban J connectivity index is 1.06. The van der Waals surface area contributed by atoms with Crippen molar-refractivity contribution in [3.63, 3.8) is 0 Å². The predicted molar refractivity (Wildman–Crippen MR) is 156 cm³/mol. The fraction of sp³-hybridized carbons (Fsp3) is 0.387. The first-order valence-corrected chi connectivity index (χ1v) is 14.5. The number of carboxylic acid groups (broad SMARTS) is 1. The monoisotopic (exact) mass is 592 g/mol. The average molecular weight is 593 g/mol. The molecule has 42 heavy (non-hydrogen) atoms. The van der Waals surface area contributed by atoms with Crippen LogP contribution in [0.5, 0.6) is 11.5 Å². The lowest BCUT2D eigenvalue weighted by Gasteiger charge is -2.32. The van der Waals surface area contributed by atoms with Crippen molar-refractivity contribution in [1.29, 1.82) is 0 Å². The third-order valence-electron chi connectivity index (χ3n) is 7.81. The van der Waals surface area contributed by atoms with Crippen molar-refractivity contribution in [2.75, 3.05) is 19.7 Å². The van der Waals surface area contributed by atoms with Gasteiger partial charge in [-0.05, 0) is 61.7 Å². The number of imidazole rings is 1. The number of aliphatic hydroxyl groups is 1. The summed E-state index contributed by atoms with van der Waals surface area (Å²) in [6.45, 7) is 3.90. The molecule has 0 radical (unpaired) electrons. The molecule has 4 heterocycles. The number of aromatic nitrogens is 3. The number of aromatic carboxylic acids is 1. The Labute approximate surface area is 248 Å². The molecule has 2 aliphatic rings. The Morgan fingerprint density at radius 3 is 2.67 bits per heavy atom. The van der Waals surface area contributed by atoms with E-state index in [1.165, 1.54) is 0 Å². The summed E-state index contributed by atoms with van der Waals surface area (Å²) in [4.78, 5) is 23.2. The minimum Gasteiger partial charge on any atom is -0.490 e. The highest BCUT2D eigenvalue weighted by Crippen LogP contribution is 2.27. The van der Waals surface area contributed by atoms with Crippen molar-refractivity contribution >= 4 is 28.6 Å². The first kappa shape index (κ1) is 28.4. The average Bonchev–Trinajstić information content (AvgIpc) is 3.31. The van der Waals surface area contributed by atoms with Gasteiger partial charge in [-0.25, -0.2) is 9.78 Å². The molecule has 2 aromatic heterocycles. The minimum atomic E-state index is -0.945. The molecule has 220 valence electrons. The normalized spacial score (nSPS) is 17.7. The molecule has 0 bridgehead atoms. The van der Waals surface area contributed by atoms with E-state index in [2.05, 4.69) is 14.5 Å². The van der Waals surface area contributed by atoms with Crippen LogP contribution >= 0.6 is 11.6 Å². The molecule has 0 spiro atoms. The molecule has 4 aromatic rings. The maximum absolute atomic E-state index is 11.6. The van der Waals surface area contributed by atoms with Gasteiger partial charge < -0.3 is 29.0 Å². The summed E-state index contributed by atoms with van der Waals surface area (Å²) in [6, 6.07) is 14.0. The number of aliphatic hydroxyl groups excluding tert-OH is 1. The number of fused-ring (bicyclic) bond motifs is 1. The molecule has 2 aliphatic heterocycles. The number of ether oxygens (including phenoxy) is 3. The Kier molecular flexibility index (Phi) is 8.57. The molecule has 1 atom stereocenters. The zero-order valence-electron chi connectivity index (χ0n) is 23.1. The highest BCUT2D eigenvalue weighted by molar-refractivity contribution is 6.30. The van der Waals surface area contributed by atoms with Gasteiger partial charge in [-0.2, -0.15) is 0 Å². The number of carbonyl (C=O) groups is 1. The van der Waals surface area contributed by atoms with Crippen LogP contribution in [0.4, 0.5) is 0 Å². The number of likely N-dealkylation sites (tertiary alicyclic amines) is 1. The number of halogens is 1. The van der Waals surface area contributed by atoms with Crippen LogP contribution in [-0.2, 0) is 31.0 Å². The first-order chi connectivity index (χ1) is 20.4. The van der Waals surface area contributed by atoms with Gasteiger partial charge in [-0.3, -0.25) is 9.88 Å². The quantitative estimate of drug-likeness (QED) is 0.256. The summed E-state index contributed by atoms with van der Waals surface area (Å²) >= 11 is 6.01. The van der Waals surface area contributed by atoms with Gasteiger partial charge in [0.15, 0.2) is 0 Å². The molecule has 2 aromatic carbocycles.